The van der Waals surface area contributed by atoms with Gasteiger partial charge in [-0.25, -0.2) is 23.4 Å². The number of halogens is 3. The van der Waals surface area contributed by atoms with E-state index in [2.05, 4.69) is 19.7 Å². The Morgan fingerprint density at radius 3 is 2.53 bits per heavy atom. The minimum Gasteiger partial charge on any atom is -0.473 e. The van der Waals surface area contributed by atoms with E-state index in [-0.39, 0.29) is 34.7 Å². The van der Waals surface area contributed by atoms with Crippen LogP contribution in [-0.4, -0.2) is 54.5 Å². The Kier molecular flexibility index (Phi) is 7.46. The van der Waals surface area contributed by atoms with Gasteiger partial charge in [-0.05, 0) is 63.0 Å². The molecule has 0 unspecified atom stereocenters. The molecule has 12 heteroatoms. The molecule has 1 fully saturated rings. The van der Waals surface area contributed by atoms with Crippen LogP contribution in [0.15, 0.2) is 66.1 Å². The number of nitrogens with one attached hydrogen (secondary N) is 1. The van der Waals surface area contributed by atoms with Gasteiger partial charge in [0.1, 0.15) is 23.1 Å². The van der Waals surface area contributed by atoms with Crippen LogP contribution in [0.5, 0.6) is 5.88 Å². The number of ether oxygens (including phenoxy) is 1. The van der Waals surface area contributed by atoms with Crippen molar-refractivity contribution in [1.29, 1.82) is 0 Å². The minimum absolute atomic E-state index is 0.0344. The summed E-state index contributed by atoms with van der Waals surface area (Å²) in [5.41, 5.74) is 0.0206. The van der Waals surface area contributed by atoms with Crippen molar-refractivity contribution in [2.75, 3.05) is 18.8 Å². The first-order valence-corrected chi connectivity index (χ1v) is 12.8. The second kappa shape index (κ2) is 10.4. The number of anilines is 1. The minimum atomic E-state index is -4.38. The van der Waals surface area contributed by atoms with E-state index in [9.17, 15) is 21.6 Å². The summed E-state index contributed by atoms with van der Waals surface area (Å²) in [6.45, 7) is 0. The Labute approximate surface area is 207 Å². The Morgan fingerprint density at radius 1 is 1.08 bits per heavy atom. The van der Waals surface area contributed by atoms with Crippen molar-refractivity contribution >= 4 is 15.8 Å². The lowest BCUT2D eigenvalue weighted by atomic mass is 9.79. The Balaban J connectivity index is 1.44. The van der Waals surface area contributed by atoms with Gasteiger partial charge in [0.2, 0.25) is 5.88 Å². The fourth-order valence-electron chi connectivity index (χ4n) is 4.37. The molecule has 0 saturated heterocycles. The number of alkyl halides is 3. The van der Waals surface area contributed by atoms with Gasteiger partial charge in [-0.2, -0.15) is 13.2 Å². The molecule has 0 bridgehead atoms. The highest BCUT2D eigenvalue weighted by Crippen LogP contribution is 2.38. The molecule has 8 nitrogen and oxygen atoms in total. The molecule has 0 aliphatic heterocycles. The second-order valence-electron chi connectivity index (χ2n) is 8.85. The normalized spacial score (nSPS) is 20.8. The Bertz CT molecular complexity index is 1270. The molecular weight excluding hydrogens is 495 g/mol. The first kappa shape index (κ1) is 25.8. The highest BCUT2D eigenvalue weighted by Gasteiger charge is 2.36. The summed E-state index contributed by atoms with van der Waals surface area (Å²) < 4.78 is 73.1. The number of likely N-dealkylation sites (N-methyl/N-ethyl adjacent to an activating group) is 1. The van der Waals surface area contributed by atoms with Gasteiger partial charge < -0.3 is 9.64 Å². The second-order valence-corrected chi connectivity index (χ2v) is 10.5. The maximum Gasteiger partial charge on any atom is 0.416 e. The van der Waals surface area contributed by atoms with Gasteiger partial charge >= 0.3 is 6.18 Å². The lowest BCUT2D eigenvalue weighted by Crippen LogP contribution is -2.46. The van der Waals surface area contributed by atoms with E-state index in [1.807, 2.05) is 19.0 Å². The number of pyridine rings is 1. The molecule has 192 valence electrons. The SMILES string of the molecule is CN(C)[C@H]1C[C@@H](c2cccc(C(F)(F)F)c2)CC[C@@H]1Oc1ccc(S(=O)(=O)Nc2ccncn2)cn1. The molecular formula is C24H26F3N5O3S. The zero-order valence-electron chi connectivity index (χ0n) is 19.7. The zero-order valence-corrected chi connectivity index (χ0v) is 20.5. The fraction of sp³-hybridized carbons (Fsp3) is 0.375. The van der Waals surface area contributed by atoms with Crippen LogP contribution < -0.4 is 9.46 Å². The van der Waals surface area contributed by atoms with Crippen LogP contribution >= 0.6 is 0 Å². The van der Waals surface area contributed by atoms with Gasteiger partial charge in [-0.1, -0.05) is 18.2 Å². The fourth-order valence-corrected chi connectivity index (χ4v) is 5.32. The van der Waals surface area contributed by atoms with E-state index in [4.69, 9.17) is 4.74 Å². The van der Waals surface area contributed by atoms with Crippen molar-refractivity contribution in [2.24, 2.45) is 0 Å². The van der Waals surface area contributed by atoms with E-state index < -0.39 is 21.8 Å². The molecule has 1 saturated carbocycles. The number of aromatic nitrogens is 3. The van der Waals surface area contributed by atoms with E-state index in [1.54, 1.807) is 6.07 Å². The number of benzene rings is 1. The van der Waals surface area contributed by atoms with Gasteiger partial charge in [-0.3, -0.25) is 4.72 Å². The van der Waals surface area contributed by atoms with E-state index in [0.717, 1.165) is 6.07 Å². The number of nitrogens with zero attached hydrogens (tertiary/aromatic N) is 4. The van der Waals surface area contributed by atoms with Crippen LogP contribution in [0.1, 0.15) is 36.3 Å². The van der Waals surface area contributed by atoms with E-state index in [1.165, 1.54) is 49.1 Å². The van der Waals surface area contributed by atoms with Crippen molar-refractivity contribution in [3.05, 3.63) is 72.3 Å². The molecule has 0 radical (unpaired) electrons. The first-order chi connectivity index (χ1) is 17.0. The van der Waals surface area contributed by atoms with Crippen molar-refractivity contribution < 1.29 is 26.3 Å². The first-order valence-electron chi connectivity index (χ1n) is 11.3. The Hall–Kier alpha value is -3.25. The molecule has 36 heavy (non-hydrogen) atoms. The maximum atomic E-state index is 13.2. The molecule has 0 spiro atoms. The van der Waals surface area contributed by atoms with Gasteiger partial charge in [0.15, 0.2) is 0 Å². The lowest BCUT2D eigenvalue weighted by Gasteiger charge is -2.39. The molecule has 1 aliphatic carbocycles. The monoisotopic (exact) mass is 521 g/mol. The average molecular weight is 522 g/mol. The summed E-state index contributed by atoms with van der Waals surface area (Å²) in [7, 11) is -0.0855. The summed E-state index contributed by atoms with van der Waals surface area (Å²) in [6, 6.07) is 9.75. The van der Waals surface area contributed by atoms with Crippen molar-refractivity contribution in [3.8, 4) is 5.88 Å². The predicted octanol–water partition coefficient (Wildman–Crippen LogP) is 4.34. The quantitative estimate of drug-likeness (QED) is 0.494. The van der Waals surface area contributed by atoms with Crippen LogP contribution in [0, 0.1) is 0 Å². The molecule has 1 N–H and O–H groups in total. The molecule has 4 rings (SSSR count). The highest BCUT2D eigenvalue weighted by atomic mass is 32.2. The van der Waals surface area contributed by atoms with Crippen LogP contribution in [0.4, 0.5) is 19.0 Å². The topological polar surface area (TPSA) is 97.3 Å². The number of hydrogen-bond acceptors (Lipinski definition) is 7. The summed E-state index contributed by atoms with van der Waals surface area (Å²) in [6.07, 6.45) is 1.11. The molecule has 0 amide bonds. The van der Waals surface area contributed by atoms with Crippen LogP contribution in [-0.2, 0) is 16.2 Å². The maximum absolute atomic E-state index is 13.2. The standard InChI is InChI=1S/C24H26F3N5O3S/c1-32(2)20-13-17(16-4-3-5-18(12-16)24(25,26)27)6-8-21(20)35-23-9-7-19(14-29-23)36(33,34)31-22-10-11-28-15-30-22/h3-5,7,9-12,14-15,17,20-21H,6,8,13H2,1-2H3,(H,28,30,31)/t17-,20-,21-/m0/s1. The molecule has 1 aliphatic rings. The van der Waals surface area contributed by atoms with Crippen LogP contribution in [0.25, 0.3) is 0 Å². The predicted molar refractivity (Wildman–Crippen MR) is 127 cm³/mol. The van der Waals surface area contributed by atoms with Gasteiger partial charge in [0.05, 0.1) is 11.8 Å². The molecule has 3 aromatic rings. The summed E-state index contributed by atoms with van der Waals surface area (Å²) in [4.78, 5) is 13.7. The van der Waals surface area contributed by atoms with Crippen molar-refractivity contribution in [3.63, 3.8) is 0 Å². The third-order valence-electron chi connectivity index (χ3n) is 6.22. The number of sulfonamides is 1. The zero-order chi connectivity index (χ0) is 25.9. The number of rotatable bonds is 7. The third-order valence-corrected chi connectivity index (χ3v) is 7.56. The van der Waals surface area contributed by atoms with Gasteiger partial charge in [-0.15, -0.1) is 0 Å². The van der Waals surface area contributed by atoms with Crippen LogP contribution in [0.2, 0.25) is 0 Å². The van der Waals surface area contributed by atoms with Crippen LogP contribution in [0.3, 0.4) is 0 Å². The lowest BCUT2D eigenvalue weighted by molar-refractivity contribution is -0.137. The average Bonchev–Trinajstić information content (AvgIpc) is 2.84. The summed E-state index contributed by atoms with van der Waals surface area (Å²) in [5, 5.41) is 0. The molecule has 3 atom stereocenters. The smallest absolute Gasteiger partial charge is 0.416 e. The molecule has 2 heterocycles. The summed E-state index contributed by atoms with van der Waals surface area (Å²) >= 11 is 0. The van der Waals surface area contributed by atoms with Gasteiger partial charge in [0.25, 0.3) is 10.0 Å². The van der Waals surface area contributed by atoms with Crippen molar-refractivity contribution in [1.82, 2.24) is 19.9 Å². The largest absolute Gasteiger partial charge is 0.473 e. The third kappa shape index (κ3) is 6.11. The number of hydrogen-bond donors (Lipinski definition) is 1. The summed E-state index contributed by atoms with van der Waals surface area (Å²) in [5.74, 6) is 0.370. The molecule has 2 aromatic heterocycles. The van der Waals surface area contributed by atoms with Crippen molar-refractivity contribution in [2.45, 2.75) is 48.4 Å². The van der Waals surface area contributed by atoms with E-state index >= 15 is 0 Å². The Morgan fingerprint density at radius 2 is 1.89 bits per heavy atom. The van der Waals surface area contributed by atoms with Gasteiger partial charge in [0, 0.05) is 18.3 Å². The highest BCUT2D eigenvalue weighted by molar-refractivity contribution is 7.92. The molecule has 1 aromatic carbocycles. The van der Waals surface area contributed by atoms with E-state index in [0.29, 0.717) is 24.8 Å².